The zero-order valence-corrected chi connectivity index (χ0v) is 11.1. The van der Waals surface area contributed by atoms with Gasteiger partial charge in [-0.25, -0.2) is 0 Å². The van der Waals surface area contributed by atoms with E-state index in [-0.39, 0.29) is 0 Å². The average molecular weight is 249 g/mol. The monoisotopic (exact) mass is 249 g/mol. The van der Waals surface area contributed by atoms with Gasteiger partial charge in [0.15, 0.2) is 0 Å². The molecular formula is C14H23N3O. The lowest BCUT2D eigenvalue weighted by molar-refractivity contribution is 0.0375. The number of morpholine rings is 1. The molecule has 1 heterocycles. The van der Waals surface area contributed by atoms with Gasteiger partial charge in [-0.1, -0.05) is 0 Å². The Morgan fingerprint density at radius 3 is 2.83 bits per heavy atom. The van der Waals surface area contributed by atoms with E-state index in [4.69, 9.17) is 10.5 Å². The molecule has 0 amide bonds. The van der Waals surface area contributed by atoms with Gasteiger partial charge < -0.3 is 15.8 Å². The van der Waals surface area contributed by atoms with Crippen molar-refractivity contribution in [3.8, 4) is 0 Å². The SMILES string of the molecule is CNc1ccc(N)cc1CCCN1CCOCC1. The van der Waals surface area contributed by atoms with Gasteiger partial charge in [-0.05, 0) is 43.1 Å². The van der Waals surface area contributed by atoms with Gasteiger partial charge in [-0.3, -0.25) is 4.90 Å². The first-order chi connectivity index (χ1) is 8.79. The van der Waals surface area contributed by atoms with Gasteiger partial charge in [0.05, 0.1) is 13.2 Å². The number of ether oxygens (including phenoxy) is 1. The quantitative estimate of drug-likeness (QED) is 0.778. The number of nitrogen functional groups attached to an aromatic ring is 1. The van der Waals surface area contributed by atoms with Crippen molar-refractivity contribution in [1.29, 1.82) is 0 Å². The average Bonchev–Trinajstić information content (AvgIpc) is 2.40. The van der Waals surface area contributed by atoms with Gasteiger partial charge in [0.25, 0.3) is 0 Å². The Kier molecular flexibility index (Phi) is 4.84. The molecule has 0 unspecified atom stereocenters. The van der Waals surface area contributed by atoms with Crippen LogP contribution >= 0.6 is 0 Å². The van der Waals surface area contributed by atoms with E-state index in [2.05, 4.69) is 22.3 Å². The Morgan fingerprint density at radius 1 is 1.33 bits per heavy atom. The smallest absolute Gasteiger partial charge is 0.0594 e. The minimum absolute atomic E-state index is 0.843. The first kappa shape index (κ1) is 13.2. The van der Waals surface area contributed by atoms with Crippen molar-refractivity contribution in [2.75, 3.05) is 50.9 Å². The van der Waals surface area contributed by atoms with Crippen LogP contribution in [0.25, 0.3) is 0 Å². The van der Waals surface area contributed by atoms with Crippen molar-refractivity contribution in [2.24, 2.45) is 0 Å². The van der Waals surface area contributed by atoms with Gasteiger partial charge in [0.1, 0.15) is 0 Å². The Bertz CT molecular complexity index is 375. The molecule has 0 aliphatic carbocycles. The highest BCUT2D eigenvalue weighted by Crippen LogP contribution is 2.20. The lowest BCUT2D eigenvalue weighted by Crippen LogP contribution is -2.36. The van der Waals surface area contributed by atoms with Gasteiger partial charge in [0, 0.05) is 31.5 Å². The largest absolute Gasteiger partial charge is 0.399 e. The third kappa shape index (κ3) is 3.62. The van der Waals surface area contributed by atoms with E-state index in [9.17, 15) is 0 Å². The second-order valence-corrected chi connectivity index (χ2v) is 4.72. The summed E-state index contributed by atoms with van der Waals surface area (Å²) in [4.78, 5) is 2.47. The zero-order chi connectivity index (χ0) is 12.8. The minimum atomic E-state index is 0.843. The fraction of sp³-hybridized carbons (Fsp3) is 0.571. The number of aryl methyl sites for hydroxylation is 1. The Morgan fingerprint density at radius 2 is 2.11 bits per heavy atom. The molecule has 2 rings (SSSR count). The summed E-state index contributed by atoms with van der Waals surface area (Å²) in [6.07, 6.45) is 2.23. The maximum absolute atomic E-state index is 5.84. The number of nitrogens with zero attached hydrogens (tertiary/aromatic N) is 1. The van der Waals surface area contributed by atoms with E-state index >= 15 is 0 Å². The summed E-state index contributed by atoms with van der Waals surface area (Å²) in [6, 6.07) is 6.07. The highest BCUT2D eigenvalue weighted by atomic mass is 16.5. The molecule has 0 bridgehead atoms. The third-order valence-electron chi connectivity index (χ3n) is 3.42. The van der Waals surface area contributed by atoms with Crippen LogP contribution in [0.15, 0.2) is 18.2 Å². The lowest BCUT2D eigenvalue weighted by atomic mass is 10.1. The topological polar surface area (TPSA) is 50.5 Å². The van der Waals surface area contributed by atoms with Gasteiger partial charge in [-0.15, -0.1) is 0 Å². The lowest BCUT2D eigenvalue weighted by Gasteiger charge is -2.26. The van der Waals surface area contributed by atoms with Crippen LogP contribution in [0, 0.1) is 0 Å². The molecule has 4 heteroatoms. The summed E-state index contributed by atoms with van der Waals surface area (Å²) >= 11 is 0. The van der Waals surface area contributed by atoms with E-state index < -0.39 is 0 Å². The summed E-state index contributed by atoms with van der Waals surface area (Å²) in [5.41, 5.74) is 9.18. The molecule has 0 radical (unpaired) electrons. The summed E-state index contributed by atoms with van der Waals surface area (Å²) < 4.78 is 5.35. The summed E-state index contributed by atoms with van der Waals surface area (Å²) in [5.74, 6) is 0. The van der Waals surface area contributed by atoms with Crippen molar-refractivity contribution in [3.05, 3.63) is 23.8 Å². The number of anilines is 2. The Balaban J connectivity index is 1.83. The highest BCUT2D eigenvalue weighted by molar-refractivity contribution is 5.57. The predicted molar refractivity (Wildman–Crippen MR) is 76.0 cm³/mol. The van der Waals surface area contributed by atoms with E-state index in [1.807, 2.05) is 13.1 Å². The van der Waals surface area contributed by atoms with Crippen LogP contribution < -0.4 is 11.1 Å². The Labute approximate surface area is 109 Å². The highest BCUT2D eigenvalue weighted by Gasteiger charge is 2.10. The van der Waals surface area contributed by atoms with Crippen LogP contribution in [0.2, 0.25) is 0 Å². The molecule has 100 valence electrons. The number of nitrogens with two attached hydrogens (primary N) is 1. The van der Waals surface area contributed by atoms with Crippen molar-refractivity contribution in [1.82, 2.24) is 4.90 Å². The first-order valence-electron chi connectivity index (χ1n) is 6.66. The number of hydrogen-bond acceptors (Lipinski definition) is 4. The fourth-order valence-electron chi connectivity index (χ4n) is 2.38. The molecule has 18 heavy (non-hydrogen) atoms. The van der Waals surface area contributed by atoms with E-state index in [1.54, 1.807) is 0 Å². The summed E-state index contributed by atoms with van der Waals surface area (Å²) in [5, 5.41) is 3.22. The molecule has 1 saturated heterocycles. The number of hydrogen-bond donors (Lipinski definition) is 2. The molecule has 0 saturated carbocycles. The van der Waals surface area contributed by atoms with Gasteiger partial charge in [-0.2, -0.15) is 0 Å². The van der Waals surface area contributed by atoms with Crippen LogP contribution in [0.5, 0.6) is 0 Å². The molecule has 4 nitrogen and oxygen atoms in total. The molecule has 1 aliphatic rings. The number of nitrogens with one attached hydrogen (secondary N) is 1. The molecule has 1 aromatic rings. The predicted octanol–water partition coefficient (Wildman–Crippen LogP) is 1.58. The molecule has 1 aromatic carbocycles. The molecular weight excluding hydrogens is 226 g/mol. The summed E-state index contributed by atoms with van der Waals surface area (Å²) in [6.45, 7) is 5.02. The maximum atomic E-state index is 5.84. The molecule has 0 aromatic heterocycles. The van der Waals surface area contributed by atoms with Crippen LogP contribution in [-0.4, -0.2) is 44.8 Å². The third-order valence-corrected chi connectivity index (χ3v) is 3.42. The van der Waals surface area contributed by atoms with E-state index in [0.717, 1.165) is 51.4 Å². The second kappa shape index (κ2) is 6.61. The van der Waals surface area contributed by atoms with Crippen LogP contribution in [0.4, 0.5) is 11.4 Å². The number of rotatable bonds is 5. The van der Waals surface area contributed by atoms with E-state index in [1.165, 1.54) is 11.3 Å². The van der Waals surface area contributed by atoms with Crippen molar-refractivity contribution >= 4 is 11.4 Å². The van der Waals surface area contributed by atoms with Crippen molar-refractivity contribution in [2.45, 2.75) is 12.8 Å². The standard InChI is InChI=1S/C14H23N3O/c1-16-14-5-4-13(15)11-12(14)3-2-6-17-7-9-18-10-8-17/h4-5,11,16H,2-3,6-10,15H2,1H3. The van der Waals surface area contributed by atoms with Crippen LogP contribution in [-0.2, 0) is 11.2 Å². The maximum Gasteiger partial charge on any atom is 0.0594 e. The molecule has 3 N–H and O–H groups in total. The van der Waals surface area contributed by atoms with Gasteiger partial charge in [0.2, 0.25) is 0 Å². The number of benzene rings is 1. The normalized spacial score (nSPS) is 16.7. The van der Waals surface area contributed by atoms with Crippen molar-refractivity contribution in [3.63, 3.8) is 0 Å². The first-order valence-corrected chi connectivity index (χ1v) is 6.66. The minimum Gasteiger partial charge on any atom is -0.399 e. The molecule has 1 fully saturated rings. The summed E-state index contributed by atoms with van der Waals surface area (Å²) in [7, 11) is 1.96. The van der Waals surface area contributed by atoms with Crippen LogP contribution in [0.3, 0.4) is 0 Å². The Hall–Kier alpha value is -1.26. The molecule has 1 aliphatic heterocycles. The molecule has 0 atom stereocenters. The van der Waals surface area contributed by atoms with Gasteiger partial charge >= 0.3 is 0 Å². The fourth-order valence-corrected chi connectivity index (χ4v) is 2.38. The van der Waals surface area contributed by atoms with Crippen LogP contribution in [0.1, 0.15) is 12.0 Å². The molecule has 0 spiro atoms. The van der Waals surface area contributed by atoms with E-state index in [0.29, 0.717) is 0 Å². The zero-order valence-electron chi connectivity index (χ0n) is 11.1. The van der Waals surface area contributed by atoms with Crippen molar-refractivity contribution < 1.29 is 4.74 Å². The second-order valence-electron chi connectivity index (χ2n) is 4.72.